The second kappa shape index (κ2) is 5.87. The fourth-order valence-electron chi connectivity index (χ4n) is 2.60. The van der Waals surface area contributed by atoms with Crippen molar-refractivity contribution in [3.63, 3.8) is 0 Å². The summed E-state index contributed by atoms with van der Waals surface area (Å²) >= 11 is 0. The number of ether oxygens (including phenoxy) is 1. The molecule has 1 aliphatic rings. The summed E-state index contributed by atoms with van der Waals surface area (Å²) in [6.07, 6.45) is 4.53. The van der Waals surface area contributed by atoms with E-state index in [9.17, 15) is 5.11 Å². The lowest BCUT2D eigenvalue weighted by Gasteiger charge is -2.45. The summed E-state index contributed by atoms with van der Waals surface area (Å²) in [6.45, 7) is 7.58. The van der Waals surface area contributed by atoms with E-state index in [2.05, 4.69) is 18.7 Å². The second-order valence-corrected chi connectivity index (χ2v) is 5.16. The number of furan rings is 1. The molecular weight excluding hydrogens is 230 g/mol. The fourth-order valence-corrected chi connectivity index (χ4v) is 2.60. The maximum absolute atomic E-state index is 10.6. The standard InChI is InChI=1S/C14H23NO3/c1-3-14(2,15-5-8-17-9-6-15)13(16)10-12-4-7-18-11-12/h4,7,11,13,16H,3,5-6,8-10H2,1-2H3. The summed E-state index contributed by atoms with van der Waals surface area (Å²) in [5.41, 5.74) is 0.858. The third-order valence-electron chi connectivity index (χ3n) is 4.18. The molecule has 4 heteroatoms. The first kappa shape index (κ1) is 13.6. The quantitative estimate of drug-likeness (QED) is 0.867. The van der Waals surface area contributed by atoms with Crippen LogP contribution in [0.1, 0.15) is 25.8 Å². The van der Waals surface area contributed by atoms with Crippen LogP contribution in [0.15, 0.2) is 23.0 Å². The van der Waals surface area contributed by atoms with Crippen LogP contribution in [0.5, 0.6) is 0 Å². The molecule has 2 unspecified atom stereocenters. The molecule has 102 valence electrons. The van der Waals surface area contributed by atoms with Gasteiger partial charge in [-0.05, 0) is 25.0 Å². The van der Waals surface area contributed by atoms with Gasteiger partial charge in [0, 0.05) is 25.0 Å². The van der Waals surface area contributed by atoms with Crippen molar-refractivity contribution in [1.82, 2.24) is 4.90 Å². The minimum atomic E-state index is -0.391. The molecule has 0 aromatic carbocycles. The molecule has 18 heavy (non-hydrogen) atoms. The van der Waals surface area contributed by atoms with Crippen molar-refractivity contribution in [2.24, 2.45) is 0 Å². The monoisotopic (exact) mass is 253 g/mol. The van der Waals surface area contributed by atoms with Crippen molar-refractivity contribution in [3.8, 4) is 0 Å². The molecule has 1 aromatic rings. The van der Waals surface area contributed by atoms with Crippen LogP contribution in [0.4, 0.5) is 0 Å². The van der Waals surface area contributed by atoms with Crippen LogP contribution in [-0.4, -0.2) is 48.0 Å². The zero-order chi connectivity index (χ0) is 13.0. The van der Waals surface area contributed by atoms with Crippen molar-refractivity contribution >= 4 is 0 Å². The molecule has 0 bridgehead atoms. The number of nitrogens with zero attached hydrogens (tertiary/aromatic N) is 1. The minimum absolute atomic E-state index is 0.193. The van der Waals surface area contributed by atoms with E-state index in [-0.39, 0.29) is 5.54 Å². The molecule has 0 aliphatic carbocycles. The van der Waals surface area contributed by atoms with E-state index in [1.54, 1.807) is 12.5 Å². The normalized spacial score (nSPS) is 22.6. The van der Waals surface area contributed by atoms with Crippen LogP contribution < -0.4 is 0 Å². The number of aliphatic hydroxyl groups excluding tert-OH is 1. The molecule has 1 saturated heterocycles. The molecule has 0 saturated carbocycles. The Morgan fingerprint density at radius 1 is 1.44 bits per heavy atom. The zero-order valence-corrected chi connectivity index (χ0v) is 11.3. The summed E-state index contributed by atoms with van der Waals surface area (Å²) in [4.78, 5) is 2.35. The molecule has 1 N–H and O–H groups in total. The van der Waals surface area contributed by atoms with Gasteiger partial charge in [-0.2, -0.15) is 0 Å². The Hall–Kier alpha value is -0.840. The lowest BCUT2D eigenvalue weighted by atomic mass is 9.86. The van der Waals surface area contributed by atoms with Gasteiger partial charge in [0.1, 0.15) is 0 Å². The van der Waals surface area contributed by atoms with E-state index in [1.807, 2.05) is 6.07 Å². The Balaban J connectivity index is 2.04. The van der Waals surface area contributed by atoms with Gasteiger partial charge in [-0.15, -0.1) is 0 Å². The first-order chi connectivity index (χ1) is 8.66. The highest BCUT2D eigenvalue weighted by atomic mass is 16.5. The molecule has 1 aromatic heterocycles. The Morgan fingerprint density at radius 3 is 2.72 bits per heavy atom. The van der Waals surface area contributed by atoms with E-state index >= 15 is 0 Å². The molecule has 0 radical (unpaired) electrons. The maximum atomic E-state index is 10.6. The van der Waals surface area contributed by atoms with Gasteiger partial charge in [-0.3, -0.25) is 4.90 Å². The van der Waals surface area contributed by atoms with Crippen LogP contribution in [0.25, 0.3) is 0 Å². The summed E-state index contributed by atoms with van der Waals surface area (Å²) in [6, 6.07) is 1.92. The van der Waals surface area contributed by atoms with Gasteiger partial charge < -0.3 is 14.3 Å². The minimum Gasteiger partial charge on any atom is -0.472 e. The van der Waals surface area contributed by atoms with E-state index in [0.29, 0.717) is 6.42 Å². The van der Waals surface area contributed by atoms with Gasteiger partial charge in [0.15, 0.2) is 0 Å². The Morgan fingerprint density at radius 2 is 2.17 bits per heavy atom. The number of aliphatic hydroxyl groups is 1. The van der Waals surface area contributed by atoms with Crippen molar-refractivity contribution in [1.29, 1.82) is 0 Å². The van der Waals surface area contributed by atoms with Gasteiger partial charge in [-0.25, -0.2) is 0 Å². The SMILES string of the molecule is CCC(C)(C(O)Cc1ccoc1)N1CCOCC1. The largest absolute Gasteiger partial charge is 0.472 e. The third-order valence-corrected chi connectivity index (χ3v) is 4.18. The number of rotatable bonds is 5. The molecule has 0 amide bonds. The molecule has 0 spiro atoms. The lowest BCUT2D eigenvalue weighted by Crippen LogP contribution is -2.58. The van der Waals surface area contributed by atoms with Crippen LogP contribution in [0.2, 0.25) is 0 Å². The number of morpholine rings is 1. The van der Waals surface area contributed by atoms with Gasteiger partial charge in [-0.1, -0.05) is 6.92 Å². The summed E-state index contributed by atoms with van der Waals surface area (Å²) < 4.78 is 10.4. The summed E-state index contributed by atoms with van der Waals surface area (Å²) in [7, 11) is 0. The predicted molar refractivity (Wildman–Crippen MR) is 69.5 cm³/mol. The second-order valence-electron chi connectivity index (χ2n) is 5.16. The first-order valence-electron chi connectivity index (χ1n) is 6.68. The van der Waals surface area contributed by atoms with E-state index in [1.165, 1.54) is 0 Å². The van der Waals surface area contributed by atoms with Crippen LogP contribution in [0, 0.1) is 0 Å². The molecule has 1 fully saturated rings. The predicted octanol–water partition coefficient (Wildman–Crippen LogP) is 1.68. The van der Waals surface area contributed by atoms with E-state index in [0.717, 1.165) is 38.3 Å². The molecule has 1 aliphatic heterocycles. The Bertz CT molecular complexity index is 346. The molecule has 2 rings (SSSR count). The average Bonchev–Trinajstić information content (AvgIpc) is 2.91. The Kier molecular flexibility index (Phi) is 4.43. The number of hydrogen-bond donors (Lipinski definition) is 1. The Labute approximate surface area is 109 Å². The van der Waals surface area contributed by atoms with Crippen molar-refractivity contribution < 1.29 is 14.3 Å². The lowest BCUT2D eigenvalue weighted by molar-refractivity contribution is -0.0714. The van der Waals surface area contributed by atoms with E-state index in [4.69, 9.17) is 9.15 Å². The van der Waals surface area contributed by atoms with Crippen LogP contribution >= 0.6 is 0 Å². The summed E-state index contributed by atoms with van der Waals surface area (Å²) in [5.74, 6) is 0. The van der Waals surface area contributed by atoms with Crippen molar-refractivity contribution in [3.05, 3.63) is 24.2 Å². The maximum Gasteiger partial charge on any atom is 0.0935 e. The summed E-state index contributed by atoms with van der Waals surface area (Å²) in [5, 5.41) is 10.6. The highest BCUT2D eigenvalue weighted by Crippen LogP contribution is 2.27. The highest BCUT2D eigenvalue weighted by molar-refractivity contribution is 5.09. The van der Waals surface area contributed by atoms with E-state index < -0.39 is 6.10 Å². The fraction of sp³-hybridized carbons (Fsp3) is 0.714. The molecule has 2 atom stereocenters. The van der Waals surface area contributed by atoms with Gasteiger partial charge in [0.25, 0.3) is 0 Å². The van der Waals surface area contributed by atoms with Crippen LogP contribution in [0.3, 0.4) is 0 Å². The topological polar surface area (TPSA) is 45.8 Å². The third kappa shape index (κ3) is 2.76. The number of hydrogen-bond acceptors (Lipinski definition) is 4. The van der Waals surface area contributed by atoms with Crippen molar-refractivity contribution in [2.75, 3.05) is 26.3 Å². The van der Waals surface area contributed by atoms with Gasteiger partial charge >= 0.3 is 0 Å². The molecule has 2 heterocycles. The van der Waals surface area contributed by atoms with Crippen LogP contribution in [-0.2, 0) is 11.2 Å². The first-order valence-corrected chi connectivity index (χ1v) is 6.68. The smallest absolute Gasteiger partial charge is 0.0935 e. The molecule has 4 nitrogen and oxygen atoms in total. The zero-order valence-electron chi connectivity index (χ0n) is 11.3. The van der Waals surface area contributed by atoms with Gasteiger partial charge in [0.2, 0.25) is 0 Å². The molecular formula is C14H23NO3. The average molecular weight is 253 g/mol. The van der Waals surface area contributed by atoms with Crippen molar-refractivity contribution in [2.45, 2.75) is 38.3 Å². The van der Waals surface area contributed by atoms with Gasteiger partial charge in [0.05, 0.1) is 31.8 Å². The highest BCUT2D eigenvalue weighted by Gasteiger charge is 2.38.